The third-order valence-electron chi connectivity index (χ3n) is 3.58. The number of imidazole rings is 1. The van der Waals surface area contributed by atoms with Crippen LogP contribution in [0.4, 0.5) is 0 Å². The summed E-state index contributed by atoms with van der Waals surface area (Å²) in [5.74, 6) is -0.404. The third kappa shape index (κ3) is 2.23. The van der Waals surface area contributed by atoms with E-state index in [1.165, 1.54) is 6.20 Å². The molecule has 0 radical (unpaired) electrons. The standard InChI is InChI=1S/C16H14ClN3O2/c1-16(2,15(21)22)20-13(10-6-4-3-5-7-10)19-12-8-11(17)9-18-14(12)20/h3-9H,1-2H3,(H,21,22). The fraction of sp³-hybridized carbons (Fsp3) is 0.188. The molecule has 2 aromatic heterocycles. The molecule has 22 heavy (non-hydrogen) atoms. The van der Waals surface area contributed by atoms with E-state index in [9.17, 15) is 9.90 Å². The predicted molar refractivity (Wildman–Crippen MR) is 84.9 cm³/mol. The Morgan fingerprint density at radius 1 is 1.27 bits per heavy atom. The first-order chi connectivity index (χ1) is 10.4. The highest BCUT2D eigenvalue weighted by atomic mass is 35.5. The molecule has 3 rings (SSSR count). The van der Waals surface area contributed by atoms with Crippen LogP contribution in [0.5, 0.6) is 0 Å². The smallest absolute Gasteiger partial charge is 0.329 e. The molecule has 3 aromatic rings. The number of nitrogens with zero attached hydrogens (tertiary/aromatic N) is 3. The summed E-state index contributed by atoms with van der Waals surface area (Å²) in [4.78, 5) is 20.5. The van der Waals surface area contributed by atoms with E-state index in [1.807, 2.05) is 30.3 Å². The molecule has 0 aliphatic carbocycles. The molecular weight excluding hydrogens is 302 g/mol. The highest BCUT2D eigenvalue weighted by Gasteiger charge is 2.34. The Hall–Kier alpha value is -2.40. The Kier molecular flexibility index (Phi) is 3.37. The second kappa shape index (κ2) is 5.10. The molecule has 112 valence electrons. The van der Waals surface area contributed by atoms with Crippen LogP contribution in [0, 0.1) is 0 Å². The number of fused-ring (bicyclic) bond motifs is 1. The third-order valence-corrected chi connectivity index (χ3v) is 3.78. The minimum atomic E-state index is -1.19. The van der Waals surface area contributed by atoms with Gasteiger partial charge in [0.15, 0.2) is 5.65 Å². The lowest BCUT2D eigenvalue weighted by Crippen LogP contribution is -2.36. The highest BCUT2D eigenvalue weighted by molar-refractivity contribution is 6.31. The van der Waals surface area contributed by atoms with Gasteiger partial charge in [0.25, 0.3) is 0 Å². The number of carbonyl (C=O) groups is 1. The van der Waals surface area contributed by atoms with Gasteiger partial charge in [0.2, 0.25) is 0 Å². The molecule has 1 N–H and O–H groups in total. The van der Waals surface area contributed by atoms with Crippen LogP contribution in [-0.4, -0.2) is 25.6 Å². The Balaban J connectivity index is 2.39. The Morgan fingerprint density at radius 2 is 1.95 bits per heavy atom. The number of carboxylic acid groups (broad SMARTS) is 1. The number of carboxylic acids is 1. The molecule has 0 amide bonds. The van der Waals surface area contributed by atoms with Gasteiger partial charge in [-0.15, -0.1) is 0 Å². The molecule has 0 fully saturated rings. The van der Waals surface area contributed by atoms with Crippen molar-refractivity contribution in [3.63, 3.8) is 0 Å². The summed E-state index contributed by atoms with van der Waals surface area (Å²) in [6.45, 7) is 3.25. The van der Waals surface area contributed by atoms with Crippen LogP contribution in [-0.2, 0) is 10.3 Å². The van der Waals surface area contributed by atoms with Gasteiger partial charge in [0.05, 0.1) is 5.02 Å². The van der Waals surface area contributed by atoms with Gasteiger partial charge in [0.1, 0.15) is 16.9 Å². The van der Waals surface area contributed by atoms with Crippen molar-refractivity contribution >= 4 is 28.7 Å². The van der Waals surface area contributed by atoms with Gasteiger partial charge in [-0.1, -0.05) is 41.9 Å². The average Bonchev–Trinajstić information content (AvgIpc) is 2.87. The van der Waals surface area contributed by atoms with Gasteiger partial charge in [-0.25, -0.2) is 14.8 Å². The lowest BCUT2D eigenvalue weighted by atomic mass is 10.0. The van der Waals surface area contributed by atoms with Gasteiger partial charge >= 0.3 is 5.97 Å². The van der Waals surface area contributed by atoms with Crippen molar-refractivity contribution in [2.24, 2.45) is 0 Å². The minimum Gasteiger partial charge on any atom is -0.480 e. The Bertz CT molecular complexity index is 856. The predicted octanol–water partition coefficient (Wildman–Crippen LogP) is 3.57. The number of hydrogen-bond acceptors (Lipinski definition) is 3. The minimum absolute atomic E-state index is 0.463. The van der Waals surface area contributed by atoms with Crippen molar-refractivity contribution in [2.75, 3.05) is 0 Å². The van der Waals surface area contributed by atoms with Crippen LogP contribution >= 0.6 is 11.6 Å². The van der Waals surface area contributed by atoms with Crippen molar-refractivity contribution in [1.29, 1.82) is 0 Å². The van der Waals surface area contributed by atoms with E-state index < -0.39 is 11.5 Å². The summed E-state index contributed by atoms with van der Waals surface area (Å²) >= 11 is 5.98. The van der Waals surface area contributed by atoms with Gasteiger partial charge in [-0.3, -0.25) is 4.57 Å². The van der Waals surface area contributed by atoms with Crippen LogP contribution in [0.2, 0.25) is 5.02 Å². The van der Waals surface area contributed by atoms with Gasteiger partial charge in [-0.2, -0.15) is 0 Å². The Labute approximate surface area is 132 Å². The largest absolute Gasteiger partial charge is 0.480 e. The summed E-state index contributed by atoms with van der Waals surface area (Å²) in [6, 6.07) is 11.1. The van der Waals surface area contributed by atoms with E-state index in [4.69, 9.17) is 11.6 Å². The average molecular weight is 316 g/mol. The van der Waals surface area contributed by atoms with Crippen LogP contribution in [0.25, 0.3) is 22.6 Å². The molecule has 6 heteroatoms. The van der Waals surface area contributed by atoms with E-state index in [1.54, 1.807) is 24.5 Å². The molecule has 5 nitrogen and oxygen atoms in total. The molecule has 0 atom stereocenters. The van der Waals surface area contributed by atoms with E-state index in [0.717, 1.165) is 5.56 Å². The maximum absolute atomic E-state index is 11.7. The summed E-state index contributed by atoms with van der Waals surface area (Å²) in [5.41, 5.74) is 0.697. The summed E-state index contributed by atoms with van der Waals surface area (Å²) < 4.78 is 1.64. The van der Waals surface area contributed by atoms with Crippen molar-refractivity contribution < 1.29 is 9.90 Å². The molecule has 0 aliphatic heterocycles. The number of halogens is 1. The maximum atomic E-state index is 11.7. The monoisotopic (exact) mass is 315 g/mol. The maximum Gasteiger partial charge on any atom is 0.329 e. The highest BCUT2D eigenvalue weighted by Crippen LogP contribution is 2.31. The first kappa shape index (κ1) is 14.5. The van der Waals surface area contributed by atoms with E-state index in [2.05, 4.69) is 9.97 Å². The quantitative estimate of drug-likeness (QED) is 0.802. The van der Waals surface area contributed by atoms with Crippen molar-refractivity contribution in [3.05, 3.63) is 47.6 Å². The molecule has 0 saturated heterocycles. The topological polar surface area (TPSA) is 68.0 Å². The summed E-state index contributed by atoms with van der Waals surface area (Å²) in [7, 11) is 0. The van der Waals surface area contributed by atoms with E-state index in [0.29, 0.717) is 22.0 Å². The number of benzene rings is 1. The molecule has 0 aliphatic rings. The van der Waals surface area contributed by atoms with Crippen molar-refractivity contribution in [2.45, 2.75) is 19.4 Å². The fourth-order valence-electron chi connectivity index (χ4n) is 2.35. The number of rotatable bonds is 3. The zero-order chi connectivity index (χ0) is 15.9. The number of aliphatic carboxylic acids is 1. The molecule has 0 spiro atoms. The first-order valence-electron chi connectivity index (χ1n) is 6.74. The van der Waals surface area contributed by atoms with Gasteiger partial charge < -0.3 is 5.11 Å². The zero-order valence-electron chi connectivity index (χ0n) is 12.1. The van der Waals surface area contributed by atoms with E-state index in [-0.39, 0.29) is 0 Å². The number of pyridine rings is 1. The van der Waals surface area contributed by atoms with Crippen LogP contribution in [0.3, 0.4) is 0 Å². The zero-order valence-corrected chi connectivity index (χ0v) is 12.9. The first-order valence-corrected chi connectivity index (χ1v) is 7.12. The van der Waals surface area contributed by atoms with E-state index >= 15 is 0 Å². The number of hydrogen-bond donors (Lipinski definition) is 1. The van der Waals surface area contributed by atoms with Gasteiger partial charge in [-0.05, 0) is 19.9 Å². The molecule has 0 unspecified atom stereocenters. The van der Waals surface area contributed by atoms with Crippen molar-refractivity contribution in [1.82, 2.24) is 14.5 Å². The SMILES string of the molecule is CC(C)(C(=O)O)n1c(-c2ccccc2)nc2cc(Cl)cnc21. The summed E-state index contributed by atoms with van der Waals surface area (Å²) in [6.07, 6.45) is 1.49. The number of aromatic nitrogens is 3. The Morgan fingerprint density at radius 3 is 2.59 bits per heavy atom. The fourth-order valence-corrected chi connectivity index (χ4v) is 2.50. The second-order valence-electron chi connectivity index (χ2n) is 5.50. The van der Waals surface area contributed by atoms with Gasteiger partial charge in [0, 0.05) is 11.8 Å². The van der Waals surface area contributed by atoms with Crippen LogP contribution in [0.15, 0.2) is 42.6 Å². The van der Waals surface area contributed by atoms with Crippen molar-refractivity contribution in [3.8, 4) is 11.4 Å². The molecule has 0 saturated carbocycles. The molecule has 2 heterocycles. The molecule has 1 aromatic carbocycles. The molecular formula is C16H14ClN3O2. The second-order valence-corrected chi connectivity index (χ2v) is 5.93. The normalized spacial score (nSPS) is 11.8. The summed E-state index contributed by atoms with van der Waals surface area (Å²) in [5, 5.41) is 10.1. The van der Waals surface area contributed by atoms with Crippen LogP contribution < -0.4 is 0 Å². The lowest BCUT2D eigenvalue weighted by Gasteiger charge is -2.24. The molecule has 0 bridgehead atoms. The lowest BCUT2D eigenvalue weighted by molar-refractivity contribution is -0.145. The van der Waals surface area contributed by atoms with Crippen LogP contribution in [0.1, 0.15) is 13.8 Å².